The van der Waals surface area contributed by atoms with Gasteiger partial charge in [-0.1, -0.05) is 109 Å². The molecule has 0 saturated heterocycles. The van der Waals surface area contributed by atoms with Gasteiger partial charge in [0.05, 0.1) is 0 Å². The highest BCUT2D eigenvalue weighted by Crippen LogP contribution is 2.53. The highest BCUT2D eigenvalue weighted by Gasteiger charge is 2.40. The normalized spacial score (nSPS) is 21.1. The van der Waals surface area contributed by atoms with E-state index < -0.39 is 0 Å². The number of furan rings is 1. The van der Waals surface area contributed by atoms with Crippen LogP contribution in [0.5, 0.6) is 0 Å². The quantitative estimate of drug-likeness (QED) is 0.237. The first-order valence-corrected chi connectivity index (χ1v) is 13.7. The molecule has 0 amide bonds. The van der Waals surface area contributed by atoms with Crippen LogP contribution in [0.15, 0.2) is 160 Å². The van der Waals surface area contributed by atoms with E-state index >= 15 is 0 Å². The van der Waals surface area contributed by atoms with E-state index in [4.69, 9.17) is 4.42 Å². The van der Waals surface area contributed by atoms with Crippen LogP contribution in [0.1, 0.15) is 11.1 Å². The predicted molar refractivity (Wildman–Crippen MR) is 162 cm³/mol. The molecule has 5 aromatic rings. The van der Waals surface area contributed by atoms with Crippen LogP contribution in [0.3, 0.4) is 0 Å². The Morgan fingerprint density at radius 3 is 2.15 bits per heavy atom. The molecule has 39 heavy (non-hydrogen) atoms. The van der Waals surface area contributed by atoms with E-state index in [1.807, 2.05) is 0 Å². The molecule has 0 spiro atoms. The lowest BCUT2D eigenvalue weighted by atomic mass is 9.61. The summed E-state index contributed by atoms with van der Waals surface area (Å²) in [5.41, 5.74) is 12.6. The van der Waals surface area contributed by atoms with E-state index in [2.05, 4.69) is 134 Å². The van der Waals surface area contributed by atoms with E-state index in [0.29, 0.717) is 11.8 Å². The average molecular weight is 497 g/mol. The maximum Gasteiger partial charge on any atom is 0.136 e. The third-order valence-corrected chi connectivity index (χ3v) is 8.87. The van der Waals surface area contributed by atoms with E-state index in [1.54, 1.807) is 0 Å². The van der Waals surface area contributed by atoms with E-state index in [9.17, 15) is 0 Å². The Morgan fingerprint density at radius 1 is 0.513 bits per heavy atom. The van der Waals surface area contributed by atoms with Crippen LogP contribution in [0.4, 0.5) is 0 Å². The molecule has 0 N–H and O–H groups in total. The second-order valence-electron chi connectivity index (χ2n) is 10.9. The van der Waals surface area contributed by atoms with E-state index in [-0.39, 0.29) is 0 Å². The van der Waals surface area contributed by atoms with E-state index in [0.717, 1.165) is 11.2 Å². The second kappa shape index (κ2) is 7.82. The summed E-state index contributed by atoms with van der Waals surface area (Å²) < 4.78 is 6.42. The van der Waals surface area contributed by atoms with Gasteiger partial charge < -0.3 is 4.42 Å². The Bertz CT molecular complexity index is 2100. The lowest BCUT2D eigenvalue weighted by Crippen LogP contribution is -2.30. The maximum atomic E-state index is 6.42. The van der Waals surface area contributed by atoms with Gasteiger partial charge in [-0.15, -0.1) is 0 Å². The first-order chi connectivity index (χ1) is 19.3. The molecule has 0 fully saturated rings. The lowest BCUT2D eigenvalue weighted by Gasteiger charge is -2.42. The molecule has 4 aromatic carbocycles. The average Bonchev–Trinajstić information content (AvgIpc) is 3.35. The molecule has 4 aliphatic rings. The van der Waals surface area contributed by atoms with E-state index in [1.165, 1.54) is 66.1 Å². The number of fused-ring (bicyclic) bond motifs is 4. The number of hydrogen-bond acceptors (Lipinski definition) is 1. The van der Waals surface area contributed by atoms with Gasteiger partial charge in [-0.3, -0.25) is 0 Å². The van der Waals surface area contributed by atoms with Gasteiger partial charge in [0.2, 0.25) is 0 Å². The third-order valence-electron chi connectivity index (χ3n) is 8.87. The molecule has 0 bridgehead atoms. The van der Waals surface area contributed by atoms with Crippen LogP contribution in [-0.2, 0) is 0 Å². The topological polar surface area (TPSA) is 13.1 Å². The van der Waals surface area contributed by atoms with Crippen molar-refractivity contribution in [1.82, 2.24) is 0 Å². The van der Waals surface area contributed by atoms with Crippen molar-refractivity contribution in [1.29, 1.82) is 0 Å². The van der Waals surface area contributed by atoms with Crippen LogP contribution in [-0.4, -0.2) is 0 Å². The molecular formula is C38H24O. The number of benzene rings is 4. The first-order valence-electron chi connectivity index (χ1n) is 13.7. The zero-order valence-corrected chi connectivity index (χ0v) is 21.3. The van der Waals surface area contributed by atoms with Gasteiger partial charge in [0.15, 0.2) is 0 Å². The Balaban J connectivity index is 1.18. The molecule has 182 valence electrons. The Morgan fingerprint density at radius 2 is 1.26 bits per heavy atom. The van der Waals surface area contributed by atoms with Crippen molar-refractivity contribution in [3.8, 4) is 0 Å². The maximum absolute atomic E-state index is 6.42. The summed E-state index contributed by atoms with van der Waals surface area (Å²) in [6.07, 6.45) is 18.6. The van der Waals surface area contributed by atoms with Gasteiger partial charge in [0.1, 0.15) is 11.2 Å². The number of rotatable bonds is 2. The van der Waals surface area contributed by atoms with Crippen molar-refractivity contribution in [2.24, 2.45) is 11.8 Å². The lowest BCUT2D eigenvalue weighted by molar-refractivity contribution is 0.569. The summed E-state index contributed by atoms with van der Waals surface area (Å²) in [6.45, 7) is 0. The van der Waals surface area contributed by atoms with Gasteiger partial charge in [0.25, 0.3) is 0 Å². The number of hydrogen-bond donors (Lipinski definition) is 0. The molecule has 0 radical (unpaired) electrons. The van der Waals surface area contributed by atoms with Crippen LogP contribution in [0.2, 0.25) is 0 Å². The number of allylic oxidation sites excluding steroid dienone is 14. The Labute approximate surface area is 226 Å². The molecule has 1 nitrogen and oxygen atoms in total. The summed E-state index contributed by atoms with van der Waals surface area (Å²) in [6, 6.07) is 30.4. The van der Waals surface area contributed by atoms with Crippen molar-refractivity contribution in [2.75, 3.05) is 0 Å². The minimum absolute atomic E-state index is 0.324. The standard InChI is InChI=1S/C38H24O/c1-2-6-23(7-3-1)29-15-10-24-13-19-33-30(16-11-25-12-18-32(29)37(24)38(25)33)28-14-17-31-34-20-26-8-4-5-9-27(26)21-36(34)39-35(31)22-28/h1-22,37-38H. The van der Waals surface area contributed by atoms with Crippen LogP contribution in [0, 0.1) is 11.8 Å². The Hall–Kier alpha value is -4.88. The van der Waals surface area contributed by atoms with Gasteiger partial charge >= 0.3 is 0 Å². The first kappa shape index (κ1) is 21.1. The summed E-state index contributed by atoms with van der Waals surface area (Å²) in [7, 11) is 0. The van der Waals surface area contributed by atoms with Crippen molar-refractivity contribution < 1.29 is 4.42 Å². The molecule has 1 heteroatoms. The molecule has 1 aromatic heterocycles. The third kappa shape index (κ3) is 3.02. The molecule has 2 unspecified atom stereocenters. The predicted octanol–water partition coefficient (Wildman–Crippen LogP) is 9.75. The van der Waals surface area contributed by atoms with Crippen molar-refractivity contribution in [3.63, 3.8) is 0 Å². The van der Waals surface area contributed by atoms with Crippen LogP contribution in [0.25, 0.3) is 43.9 Å². The summed E-state index contributed by atoms with van der Waals surface area (Å²) in [5, 5.41) is 4.79. The van der Waals surface area contributed by atoms with Crippen molar-refractivity contribution in [3.05, 3.63) is 167 Å². The smallest absolute Gasteiger partial charge is 0.136 e. The second-order valence-corrected chi connectivity index (χ2v) is 10.9. The SMILES string of the molecule is C1=CC2=C(c3ccccc3)C=CC3=CC=C4C(c5ccc6c(c5)oc5cc7ccccc7cc56)=CC=C1C4C32. The molecule has 1 heterocycles. The van der Waals surface area contributed by atoms with Gasteiger partial charge in [-0.2, -0.15) is 0 Å². The molecule has 0 saturated carbocycles. The Kier molecular flexibility index (Phi) is 4.23. The monoisotopic (exact) mass is 496 g/mol. The largest absolute Gasteiger partial charge is 0.456 e. The fourth-order valence-corrected chi connectivity index (χ4v) is 7.05. The van der Waals surface area contributed by atoms with Gasteiger partial charge in [-0.05, 0) is 79.6 Å². The molecule has 2 atom stereocenters. The van der Waals surface area contributed by atoms with Crippen LogP contribution < -0.4 is 0 Å². The fourth-order valence-electron chi connectivity index (χ4n) is 7.05. The fraction of sp³-hybridized carbons (Fsp3) is 0.0526. The molecule has 4 aliphatic carbocycles. The summed E-state index contributed by atoms with van der Waals surface area (Å²) in [4.78, 5) is 0. The summed E-state index contributed by atoms with van der Waals surface area (Å²) in [5.74, 6) is 0.665. The highest BCUT2D eigenvalue weighted by molar-refractivity contribution is 6.10. The zero-order chi connectivity index (χ0) is 25.5. The van der Waals surface area contributed by atoms with Gasteiger partial charge in [0, 0.05) is 22.6 Å². The van der Waals surface area contributed by atoms with Crippen LogP contribution >= 0.6 is 0 Å². The minimum atomic E-state index is 0.324. The highest BCUT2D eigenvalue weighted by atomic mass is 16.3. The van der Waals surface area contributed by atoms with Crippen molar-refractivity contribution in [2.45, 2.75) is 0 Å². The molecule has 0 aliphatic heterocycles. The minimum Gasteiger partial charge on any atom is -0.456 e. The summed E-state index contributed by atoms with van der Waals surface area (Å²) >= 11 is 0. The van der Waals surface area contributed by atoms with Crippen molar-refractivity contribution >= 4 is 43.9 Å². The zero-order valence-electron chi connectivity index (χ0n) is 21.3. The molecule has 9 rings (SSSR count). The van der Waals surface area contributed by atoms with Gasteiger partial charge in [-0.25, -0.2) is 0 Å². The molecular weight excluding hydrogens is 472 g/mol.